The molecule has 0 saturated carbocycles. The summed E-state index contributed by atoms with van der Waals surface area (Å²) in [5, 5.41) is 6.45. The molecule has 0 radical (unpaired) electrons. The molecule has 0 atom stereocenters. The Bertz CT molecular complexity index is 1330. The highest BCUT2D eigenvalue weighted by atomic mass is 35.5. The van der Waals surface area contributed by atoms with Crippen molar-refractivity contribution in [3.63, 3.8) is 0 Å². The molecule has 194 valence electrons. The van der Waals surface area contributed by atoms with Crippen molar-refractivity contribution in [3.8, 4) is 17.2 Å². The van der Waals surface area contributed by atoms with Crippen molar-refractivity contribution in [1.29, 1.82) is 0 Å². The number of rotatable bonds is 9. The van der Waals surface area contributed by atoms with Crippen LogP contribution in [0.2, 0.25) is 5.02 Å². The zero-order valence-electron chi connectivity index (χ0n) is 21.3. The minimum atomic E-state index is -0.290. The van der Waals surface area contributed by atoms with E-state index in [4.69, 9.17) is 21.1 Å². The van der Waals surface area contributed by atoms with E-state index in [1.54, 1.807) is 45.8 Å². The zero-order valence-corrected chi connectivity index (χ0v) is 22.0. The number of halogens is 1. The van der Waals surface area contributed by atoms with Gasteiger partial charge in [-0.25, -0.2) is 9.97 Å². The van der Waals surface area contributed by atoms with E-state index >= 15 is 0 Å². The van der Waals surface area contributed by atoms with Crippen molar-refractivity contribution in [2.24, 2.45) is 0 Å². The lowest BCUT2D eigenvalue weighted by molar-refractivity contribution is 0.0921. The van der Waals surface area contributed by atoms with Gasteiger partial charge >= 0.3 is 0 Å². The fourth-order valence-electron chi connectivity index (χ4n) is 3.19. The van der Waals surface area contributed by atoms with Crippen molar-refractivity contribution in [3.05, 3.63) is 77.5 Å². The Hall–Kier alpha value is -4.15. The molecule has 0 bridgehead atoms. The van der Waals surface area contributed by atoms with E-state index in [0.717, 1.165) is 17.1 Å². The van der Waals surface area contributed by atoms with Gasteiger partial charge in [-0.15, -0.1) is 0 Å². The molecule has 0 unspecified atom stereocenters. The lowest BCUT2D eigenvalue weighted by atomic mass is 10.1. The third-order valence-electron chi connectivity index (χ3n) is 4.96. The molecular weight excluding hydrogens is 496 g/mol. The number of ether oxygens (including phenoxy) is 3. The molecule has 0 spiro atoms. The first-order valence-corrected chi connectivity index (χ1v) is 11.6. The molecule has 2 aromatic heterocycles. The van der Waals surface area contributed by atoms with Crippen LogP contribution in [-0.4, -0.2) is 60.3 Å². The molecule has 0 saturated heterocycles. The maximum atomic E-state index is 12.6. The zero-order chi connectivity index (χ0) is 26.8. The number of nitrogens with one attached hydrogen (secondary N) is 2. The van der Waals surface area contributed by atoms with Crippen LogP contribution in [-0.2, 0) is 4.74 Å². The lowest BCUT2D eigenvalue weighted by Crippen LogP contribution is -2.14. The number of hydrogen-bond acceptors (Lipinski definition) is 9. The van der Waals surface area contributed by atoms with Crippen LogP contribution in [0.4, 0.5) is 17.5 Å². The van der Waals surface area contributed by atoms with Gasteiger partial charge in [-0.3, -0.25) is 4.79 Å². The van der Waals surface area contributed by atoms with Crippen molar-refractivity contribution >= 4 is 34.8 Å². The van der Waals surface area contributed by atoms with Gasteiger partial charge in [0.2, 0.25) is 11.7 Å². The summed E-state index contributed by atoms with van der Waals surface area (Å²) in [5.74, 6) is 1.40. The number of carbonyl (C=O) groups excluding carboxylic acids is 1. The van der Waals surface area contributed by atoms with E-state index in [9.17, 15) is 4.79 Å². The second kappa shape index (κ2) is 13.2. The number of nitrogens with zero attached hydrogens (tertiary/aromatic N) is 4. The van der Waals surface area contributed by atoms with Gasteiger partial charge in [0.1, 0.15) is 5.75 Å². The van der Waals surface area contributed by atoms with Crippen LogP contribution in [0.15, 0.2) is 61.2 Å². The molecular formula is C26H29ClN6O4. The Morgan fingerprint density at radius 1 is 1.08 bits per heavy atom. The average molecular weight is 525 g/mol. The number of benzene rings is 2. The first-order chi connectivity index (χ1) is 17.9. The summed E-state index contributed by atoms with van der Waals surface area (Å²) in [4.78, 5) is 25.6. The highest BCUT2D eigenvalue weighted by Gasteiger charge is 2.15. The van der Waals surface area contributed by atoms with Crippen molar-refractivity contribution in [1.82, 2.24) is 19.5 Å². The first-order valence-electron chi connectivity index (χ1n) is 11.2. The third kappa shape index (κ3) is 7.42. The van der Waals surface area contributed by atoms with Crippen LogP contribution in [0.25, 0.3) is 5.69 Å². The summed E-state index contributed by atoms with van der Waals surface area (Å²) in [5.41, 5.74) is 3.08. The number of hydrogen-bond donors (Lipinski definition) is 2. The van der Waals surface area contributed by atoms with Gasteiger partial charge in [-0.1, -0.05) is 11.6 Å². The van der Waals surface area contributed by atoms with E-state index in [-0.39, 0.29) is 12.4 Å². The minimum Gasteiger partial charge on any atom is -0.497 e. The molecule has 0 aliphatic heterocycles. The van der Waals surface area contributed by atoms with Gasteiger partial charge in [-0.2, -0.15) is 4.98 Å². The summed E-state index contributed by atoms with van der Waals surface area (Å²) >= 11 is 6.15. The minimum absolute atomic E-state index is 0.229. The van der Waals surface area contributed by atoms with E-state index < -0.39 is 0 Å². The maximum Gasteiger partial charge on any atom is 0.229 e. The molecule has 4 aromatic rings. The van der Waals surface area contributed by atoms with E-state index in [2.05, 4.69) is 30.3 Å². The Balaban J connectivity index is 0.00000121. The van der Waals surface area contributed by atoms with Gasteiger partial charge in [0.05, 0.1) is 30.4 Å². The van der Waals surface area contributed by atoms with E-state index in [0.29, 0.717) is 33.9 Å². The summed E-state index contributed by atoms with van der Waals surface area (Å²) in [6, 6.07) is 12.7. The summed E-state index contributed by atoms with van der Waals surface area (Å²) in [6.45, 7) is 1.72. The smallest absolute Gasteiger partial charge is 0.229 e. The number of imidazole rings is 1. The largest absolute Gasteiger partial charge is 0.497 e. The Morgan fingerprint density at radius 3 is 2.43 bits per heavy atom. The van der Waals surface area contributed by atoms with Crippen LogP contribution in [0.1, 0.15) is 16.1 Å². The lowest BCUT2D eigenvalue weighted by Gasteiger charge is -2.12. The maximum absolute atomic E-state index is 12.6. The fourth-order valence-corrected chi connectivity index (χ4v) is 3.41. The summed E-state index contributed by atoms with van der Waals surface area (Å²) in [7, 11) is 6.48. The standard InChI is InChI=1S/C24H23ClN6O3.C2H6O/c1-15-12-31(14-28-15)17-6-4-16(5-7-17)29-24-27-11-22(23(26-2)30-24)34-13-21(32)19-10-18(33-3)8-9-20(19)25;1-3-2/h4-12,14H,13H2,1-3H3,(H2,26,27,29,30);1-2H3. The predicted octanol–water partition coefficient (Wildman–Crippen LogP) is 4.94. The molecule has 2 heterocycles. The molecule has 11 heteroatoms. The molecule has 2 aromatic carbocycles. The number of carbonyl (C=O) groups is 1. The van der Waals surface area contributed by atoms with Crippen LogP contribution in [0, 0.1) is 6.92 Å². The Labute approximate surface area is 220 Å². The number of methoxy groups -OCH3 is 2. The molecule has 0 aliphatic carbocycles. The monoisotopic (exact) mass is 524 g/mol. The van der Waals surface area contributed by atoms with E-state index in [1.807, 2.05) is 42.0 Å². The molecule has 2 N–H and O–H groups in total. The summed E-state index contributed by atoms with van der Waals surface area (Å²) < 4.78 is 17.0. The second-order valence-corrected chi connectivity index (χ2v) is 8.12. The number of aryl methyl sites for hydroxylation is 1. The Kier molecular flexibility index (Phi) is 9.82. The quantitative estimate of drug-likeness (QED) is 0.294. The van der Waals surface area contributed by atoms with Crippen LogP contribution < -0.4 is 20.1 Å². The highest BCUT2D eigenvalue weighted by molar-refractivity contribution is 6.34. The number of ketones is 1. The van der Waals surface area contributed by atoms with Crippen LogP contribution in [0.5, 0.6) is 11.5 Å². The van der Waals surface area contributed by atoms with Gasteiger partial charge in [0.15, 0.2) is 18.2 Å². The topological polar surface area (TPSA) is 112 Å². The molecule has 37 heavy (non-hydrogen) atoms. The normalized spacial score (nSPS) is 10.2. The number of aromatic nitrogens is 4. The fraction of sp³-hybridized carbons (Fsp3) is 0.231. The van der Waals surface area contributed by atoms with Crippen molar-refractivity contribution < 1.29 is 19.0 Å². The first kappa shape index (κ1) is 27.4. The molecule has 10 nitrogen and oxygen atoms in total. The van der Waals surface area contributed by atoms with Gasteiger partial charge in [-0.05, 0) is 49.4 Å². The molecule has 4 rings (SSSR count). The molecule has 0 aliphatic rings. The van der Waals surface area contributed by atoms with Crippen LogP contribution in [0.3, 0.4) is 0 Å². The predicted molar refractivity (Wildman–Crippen MR) is 144 cm³/mol. The molecule has 0 amide bonds. The van der Waals surface area contributed by atoms with Gasteiger partial charge in [0, 0.05) is 44.4 Å². The van der Waals surface area contributed by atoms with Gasteiger partial charge in [0.25, 0.3) is 0 Å². The number of anilines is 3. The average Bonchev–Trinajstić information content (AvgIpc) is 3.35. The van der Waals surface area contributed by atoms with Crippen molar-refractivity contribution in [2.45, 2.75) is 6.92 Å². The summed E-state index contributed by atoms with van der Waals surface area (Å²) in [6.07, 6.45) is 5.23. The van der Waals surface area contributed by atoms with Crippen LogP contribution >= 0.6 is 11.6 Å². The molecule has 0 fully saturated rings. The SMILES string of the molecule is CNc1nc(Nc2ccc(-n3cnc(C)c3)cc2)ncc1OCC(=O)c1cc(OC)ccc1Cl.COC. The van der Waals surface area contributed by atoms with Gasteiger partial charge < -0.3 is 29.4 Å². The van der Waals surface area contributed by atoms with Crippen molar-refractivity contribution in [2.75, 3.05) is 45.6 Å². The highest BCUT2D eigenvalue weighted by Crippen LogP contribution is 2.26. The van der Waals surface area contributed by atoms with E-state index in [1.165, 1.54) is 13.3 Å². The second-order valence-electron chi connectivity index (χ2n) is 7.72. The number of Topliss-reactive ketones (excluding diaryl/α,β-unsaturated/α-hetero) is 1. The Morgan fingerprint density at radius 2 is 1.81 bits per heavy atom. The third-order valence-corrected chi connectivity index (χ3v) is 5.29.